The summed E-state index contributed by atoms with van der Waals surface area (Å²) in [6.07, 6.45) is 8.89. The number of hydrogen-bond donors (Lipinski definition) is 1. The number of likely N-dealkylation sites (tertiary alicyclic amines) is 1. The SMILES string of the molecule is CN1CCC(C#N)(C2CCC[CH]C2Nc2nccc(C#N)n2)CC1. The maximum absolute atomic E-state index is 9.96. The quantitative estimate of drug-likeness (QED) is 0.918. The lowest BCUT2D eigenvalue weighted by Gasteiger charge is -2.46. The van der Waals surface area contributed by atoms with Crippen LogP contribution in [-0.2, 0) is 0 Å². The average molecular weight is 323 g/mol. The Morgan fingerprint density at radius 2 is 2.12 bits per heavy atom. The van der Waals surface area contributed by atoms with Crippen molar-refractivity contribution in [3.63, 3.8) is 0 Å². The second-order valence-corrected chi connectivity index (χ2v) is 6.89. The van der Waals surface area contributed by atoms with Crippen LogP contribution in [0.15, 0.2) is 12.3 Å². The molecule has 1 aliphatic heterocycles. The van der Waals surface area contributed by atoms with E-state index < -0.39 is 0 Å². The summed E-state index contributed by atoms with van der Waals surface area (Å²) >= 11 is 0. The van der Waals surface area contributed by atoms with E-state index in [0.29, 0.717) is 11.6 Å². The lowest BCUT2D eigenvalue weighted by molar-refractivity contribution is 0.0902. The molecule has 2 aliphatic rings. The van der Waals surface area contributed by atoms with Crippen molar-refractivity contribution >= 4 is 5.95 Å². The monoisotopic (exact) mass is 323 g/mol. The molecule has 1 aromatic rings. The fraction of sp³-hybridized carbons (Fsp3) is 0.611. The first-order valence-corrected chi connectivity index (χ1v) is 8.60. The zero-order valence-electron chi connectivity index (χ0n) is 14.1. The molecule has 6 nitrogen and oxygen atoms in total. The number of nitrogens with one attached hydrogen (secondary N) is 1. The third kappa shape index (κ3) is 3.34. The number of rotatable bonds is 3. The zero-order chi connectivity index (χ0) is 17.0. The van der Waals surface area contributed by atoms with E-state index in [0.717, 1.165) is 45.2 Å². The number of anilines is 1. The molecule has 3 rings (SSSR count). The summed E-state index contributed by atoms with van der Waals surface area (Å²) in [6.45, 7) is 1.94. The number of piperidine rings is 1. The molecule has 1 aliphatic carbocycles. The number of nitriles is 2. The Bertz CT molecular complexity index is 650. The summed E-state index contributed by atoms with van der Waals surface area (Å²) in [5.74, 6) is 0.738. The highest BCUT2D eigenvalue weighted by atomic mass is 15.1. The molecule has 1 aromatic heterocycles. The highest BCUT2D eigenvalue weighted by Gasteiger charge is 2.45. The van der Waals surface area contributed by atoms with Gasteiger partial charge in [-0.25, -0.2) is 9.97 Å². The molecule has 125 valence electrons. The third-order valence-corrected chi connectivity index (χ3v) is 5.45. The van der Waals surface area contributed by atoms with Gasteiger partial charge in [-0.15, -0.1) is 0 Å². The molecule has 0 bridgehead atoms. The zero-order valence-corrected chi connectivity index (χ0v) is 14.1. The van der Waals surface area contributed by atoms with Crippen molar-refractivity contribution in [2.24, 2.45) is 11.3 Å². The normalized spacial score (nSPS) is 27.0. The highest BCUT2D eigenvalue weighted by molar-refractivity contribution is 5.33. The lowest BCUT2D eigenvalue weighted by atomic mass is 9.63. The molecular formula is C18H23N6. The van der Waals surface area contributed by atoms with Crippen molar-refractivity contribution in [3.05, 3.63) is 24.4 Å². The highest BCUT2D eigenvalue weighted by Crippen LogP contribution is 2.45. The molecule has 6 heteroatoms. The molecule has 0 amide bonds. The van der Waals surface area contributed by atoms with Gasteiger partial charge in [0.1, 0.15) is 11.8 Å². The molecule has 1 N–H and O–H groups in total. The first kappa shape index (κ1) is 16.7. The van der Waals surface area contributed by atoms with Gasteiger partial charge < -0.3 is 10.2 Å². The van der Waals surface area contributed by atoms with Crippen LogP contribution in [-0.4, -0.2) is 41.0 Å². The van der Waals surface area contributed by atoms with Gasteiger partial charge in [0.2, 0.25) is 5.95 Å². The van der Waals surface area contributed by atoms with Gasteiger partial charge in [0.15, 0.2) is 0 Å². The van der Waals surface area contributed by atoms with E-state index in [-0.39, 0.29) is 17.4 Å². The average Bonchev–Trinajstić information content (AvgIpc) is 2.63. The smallest absolute Gasteiger partial charge is 0.224 e. The minimum atomic E-state index is -0.284. The van der Waals surface area contributed by atoms with E-state index in [2.05, 4.69) is 39.7 Å². The predicted molar refractivity (Wildman–Crippen MR) is 90.6 cm³/mol. The summed E-state index contributed by atoms with van der Waals surface area (Å²) in [5.41, 5.74) is 0.0719. The Morgan fingerprint density at radius 3 is 2.83 bits per heavy atom. The second-order valence-electron chi connectivity index (χ2n) is 6.89. The lowest BCUT2D eigenvalue weighted by Crippen LogP contribution is -2.49. The number of nitrogens with zero attached hydrogens (tertiary/aromatic N) is 5. The van der Waals surface area contributed by atoms with E-state index in [1.807, 2.05) is 6.07 Å². The predicted octanol–water partition coefficient (Wildman–Crippen LogP) is 2.37. The van der Waals surface area contributed by atoms with Gasteiger partial charge >= 0.3 is 0 Å². The second kappa shape index (κ2) is 7.15. The van der Waals surface area contributed by atoms with Crippen LogP contribution in [0, 0.1) is 40.4 Å². The van der Waals surface area contributed by atoms with Gasteiger partial charge in [-0.1, -0.05) is 6.42 Å². The van der Waals surface area contributed by atoms with Crippen molar-refractivity contribution in [3.8, 4) is 12.1 Å². The van der Waals surface area contributed by atoms with Crippen LogP contribution in [0.4, 0.5) is 5.95 Å². The Kier molecular flexibility index (Phi) is 4.97. The largest absolute Gasteiger partial charge is 0.351 e. The molecular weight excluding hydrogens is 300 g/mol. The molecule has 1 saturated carbocycles. The van der Waals surface area contributed by atoms with Crippen molar-refractivity contribution in [1.82, 2.24) is 14.9 Å². The number of aromatic nitrogens is 2. The van der Waals surface area contributed by atoms with E-state index in [9.17, 15) is 5.26 Å². The summed E-state index contributed by atoms with van der Waals surface area (Å²) in [6, 6.07) is 6.39. The van der Waals surface area contributed by atoms with Crippen molar-refractivity contribution < 1.29 is 0 Å². The van der Waals surface area contributed by atoms with Gasteiger partial charge in [-0.05, 0) is 64.2 Å². The van der Waals surface area contributed by atoms with Crippen LogP contribution in [0.2, 0.25) is 0 Å². The van der Waals surface area contributed by atoms with Crippen LogP contribution in [0.5, 0.6) is 0 Å². The topological polar surface area (TPSA) is 88.6 Å². The van der Waals surface area contributed by atoms with Gasteiger partial charge in [-0.2, -0.15) is 10.5 Å². The fourth-order valence-corrected chi connectivity index (χ4v) is 3.98. The Morgan fingerprint density at radius 1 is 1.33 bits per heavy atom. The van der Waals surface area contributed by atoms with Gasteiger partial charge in [0.25, 0.3) is 0 Å². The van der Waals surface area contributed by atoms with Crippen molar-refractivity contribution in [2.75, 3.05) is 25.5 Å². The van der Waals surface area contributed by atoms with Crippen molar-refractivity contribution in [1.29, 1.82) is 10.5 Å². The van der Waals surface area contributed by atoms with Crippen molar-refractivity contribution in [2.45, 2.75) is 38.1 Å². The van der Waals surface area contributed by atoms with E-state index in [1.165, 1.54) is 0 Å². The minimum absolute atomic E-state index is 0.0794. The Balaban J connectivity index is 1.80. The summed E-state index contributed by atoms with van der Waals surface area (Å²) in [4.78, 5) is 10.8. The van der Waals surface area contributed by atoms with Crippen LogP contribution in [0.1, 0.15) is 37.8 Å². The van der Waals surface area contributed by atoms with Crippen LogP contribution >= 0.6 is 0 Å². The summed E-state index contributed by atoms with van der Waals surface area (Å²) < 4.78 is 0. The van der Waals surface area contributed by atoms with Crippen LogP contribution in [0.3, 0.4) is 0 Å². The molecule has 2 fully saturated rings. The molecule has 0 spiro atoms. The first-order chi connectivity index (χ1) is 11.7. The molecule has 24 heavy (non-hydrogen) atoms. The molecule has 1 radical (unpaired) electrons. The van der Waals surface area contributed by atoms with Gasteiger partial charge in [0.05, 0.1) is 11.5 Å². The molecule has 2 atom stereocenters. The maximum Gasteiger partial charge on any atom is 0.224 e. The fourth-order valence-electron chi connectivity index (χ4n) is 3.98. The molecule has 2 heterocycles. The first-order valence-electron chi connectivity index (χ1n) is 8.60. The Labute approximate surface area is 143 Å². The molecule has 1 saturated heterocycles. The van der Waals surface area contributed by atoms with Crippen LogP contribution in [0.25, 0.3) is 0 Å². The van der Waals surface area contributed by atoms with E-state index in [4.69, 9.17) is 5.26 Å². The summed E-state index contributed by atoms with van der Waals surface area (Å²) in [5, 5.41) is 22.3. The molecule has 0 aromatic carbocycles. The maximum atomic E-state index is 9.96. The summed E-state index contributed by atoms with van der Waals surface area (Å²) in [7, 11) is 2.12. The minimum Gasteiger partial charge on any atom is -0.351 e. The van der Waals surface area contributed by atoms with E-state index >= 15 is 0 Å². The molecule has 2 unspecified atom stereocenters. The van der Waals surface area contributed by atoms with Gasteiger partial charge in [-0.3, -0.25) is 0 Å². The third-order valence-electron chi connectivity index (χ3n) is 5.45. The van der Waals surface area contributed by atoms with Gasteiger partial charge in [0, 0.05) is 12.2 Å². The Hall–Kier alpha value is -2.18. The standard InChI is InChI=1S/C18H23N6/c1-24-10-7-18(13-20,8-11-24)15-4-2-3-5-16(15)23-17-21-9-6-14(12-19)22-17/h5-6,9,15-16H,2-4,7-8,10-11H2,1H3,(H,21,22,23). The number of hydrogen-bond acceptors (Lipinski definition) is 6. The van der Waals surface area contributed by atoms with E-state index in [1.54, 1.807) is 12.3 Å². The van der Waals surface area contributed by atoms with Crippen LogP contribution < -0.4 is 5.32 Å².